The molecule has 0 bridgehead atoms. The Morgan fingerprint density at radius 1 is 1.28 bits per heavy atom. The zero-order chi connectivity index (χ0) is 17.8. The van der Waals surface area contributed by atoms with Crippen molar-refractivity contribution >= 4 is 17.5 Å². The van der Waals surface area contributed by atoms with Gasteiger partial charge in [0.25, 0.3) is 0 Å². The van der Waals surface area contributed by atoms with Gasteiger partial charge in [-0.25, -0.2) is 0 Å². The molecule has 1 atom stereocenters. The van der Waals surface area contributed by atoms with E-state index in [1.54, 1.807) is 11.1 Å². The first-order valence-corrected chi connectivity index (χ1v) is 8.65. The highest BCUT2D eigenvalue weighted by molar-refractivity contribution is 5.98. The van der Waals surface area contributed by atoms with E-state index in [-0.39, 0.29) is 24.2 Å². The van der Waals surface area contributed by atoms with E-state index >= 15 is 0 Å². The van der Waals surface area contributed by atoms with Gasteiger partial charge in [-0.05, 0) is 36.6 Å². The van der Waals surface area contributed by atoms with E-state index in [4.69, 9.17) is 0 Å². The van der Waals surface area contributed by atoms with Crippen LogP contribution < -0.4 is 5.32 Å². The zero-order valence-corrected chi connectivity index (χ0v) is 14.7. The fourth-order valence-electron chi connectivity index (χ4n) is 3.22. The number of pyridine rings is 1. The highest BCUT2D eigenvalue weighted by Crippen LogP contribution is 2.25. The summed E-state index contributed by atoms with van der Waals surface area (Å²) in [4.78, 5) is 30.9. The van der Waals surface area contributed by atoms with Gasteiger partial charge < -0.3 is 10.2 Å². The molecular weight excluding hydrogens is 314 g/mol. The molecule has 0 unspecified atom stereocenters. The summed E-state index contributed by atoms with van der Waals surface area (Å²) in [5, 5.41) is 3.04. The molecule has 0 spiro atoms. The highest BCUT2D eigenvalue weighted by atomic mass is 16.2. The Morgan fingerprint density at radius 3 is 2.84 bits per heavy atom. The molecule has 130 valence electrons. The lowest BCUT2D eigenvalue weighted by Crippen LogP contribution is -2.28. The summed E-state index contributed by atoms with van der Waals surface area (Å²) < 4.78 is 0. The molecule has 0 aliphatic carbocycles. The first-order chi connectivity index (χ1) is 12.1. The minimum absolute atomic E-state index is 0.00583. The third kappa shape index (κ3) is 3.87. The molecule has 1 saturated heterocycles. The van der Waals surface area contributed by atoms with Gasteiger partial charge in [-0.2, -0.15) is 0 Å². The molecule has 5 heteroatoms. The van der Waals surface area contributed by atoms with Gasteiger partial charge in [0.2, 0.25) is 11.8 Å². The molecule has 3 rings (SSSR count). The molecule has 25 heavy (non-hydrogen) atoms. The van der Waals surface area contributed by atoms with Crippen LogP contribution >= 0.6 is 0 Å². The molecule has 1 aromatic carbocycles. The van der Waals surface area contributed by atoms with Crippen molar-refractivity contribution in [2.45, 2.75) is 33.2 Å². The van der Waals surface area contributed by atoms with Crippen molar-refractivity contribution in [3.63, 3.8) is 0 Å². The number of para-hydroxylation sites is 1. The summed E-state index contributed by atoms with van der Waals surface area (Å²) in [5.74, 6) is -0.396. The molecule has 1 N–H and O–H groups in total. The molecule has 0 radical (unpaired) electrons. The molecular formula is C20H23N3O2. The van der Waals surface area contributed by atoms with Gasteiger partial charge in [0, 0.05) is 24.8 Å². The van der Waals surface area contributed by atoms with Crippen LogP contribution in [0.25, 0.3) is 0 Å². The number of hydrogen-bond acceptors (Lipinski definition) is 3. The number of anilines is 1. The first kappa shape index (κ1) is 17.1. The van der Waals surface area contributed by atoms with E-state index in [9.17, 15) is 9.59 Å². The second kappa shape index (κ2) is 7.47. The molecule has 5 nitrogen and oxygen atoms in total. The van der Waals surface area contributed by atoms with E-state index < -0.39 is 0 Å². The van der Waals surface area contributed by atoms with E-state index in [1.165, 1.54) is 0 Å². The van der Waals surface area contributed by atoms with Gasteiger partial charge in [-0.1, -0.05) is 31.2 Å². The lowest BCUT2D eigenvalue weighted by molar-refractivity contribution is -0.128. The molecule has 1 fully saturated rings. The molecule has 2 aromatic rings. The van der Waals surface area contributed by atoms with Crippen molar-refractivity contribution in [1.29, 1.82) is 0 Å². The predicted molar refractivity (Wildman–Crippen MR) is 96.9 cm³/mol. The van der Waals surface area contributed by atoms with E-state index in [2.05, 4.69) is 17.2 Å². The van der Waals surface area contributed by atoms with Crippen molar-refractivity contribution < 1.29 is 9.59 Å². The topological polar surface area (TPSA) is 62.3 Å². The van der Waals surface area contributed by atoms with Gasteiger partial charge in [0.15, 0.2) is 0 Å². The summed E-state index contributed by atoms with van der Waals surface area (Å²) >= 11 is 0. The molecule has 2 amide bonds. The number of nitrogens with zero attached hydrogens (tertiary/aromatic N) is 2. The Bertz CT molecular complexity index is 774. The lowest BCUT2D eigenvalue weighted by Gasteiger charge is -2.17. The summed E-state index contributed by atoms with van der Waals surface area (Å²) in [5.41, 5.74) is 3.88. The standard InChI is InChI=1S/C20H23N3O2/c1-3-15-8-6-7-14(2)19(15)22-20(25)16-11-18(24)23(12-16)13-17-9-4-5-10-21-17/h4-10,16H,3,11-13H2,1-2H3,(H,22,25)/t16-/m0/s1. The van der Waals surface area contributed by atoms with Crippen molar-refractivity contribution in [3.8, 4) is 0 Å². The Morgan fingerprint density at radius 2 is 2.12 bits per heavy atom. The van der Waals surface area contributed by atoms with E-state index in [1.807, 2.05) is 43.3 Å². The molecule has 1 aliphatic rings. The van der Waals surface area contributed by atoms with Crippen LogP contribution in [-0.2, 0) is 22.6 Å². The number of likely N-dealkylation sites (tertiary alicyclic amines) is 1. The van der Waals surface area contributed by atoms with Crippen LogP contribution in [0.5, 0.6) is 0 Å². The average Bonchev–Trinajstić information content (AvgIpc) is 2.98. The maximum Gasteiger partial charge on any atom is 0.229 e. The van der Waals surface area contributed by atoms with Gasteiger partial charge in [-0.15, -0.1) is 0 Å². The first-order valence-electron chi connectivity index (χ1n) is 8.65. The fourth-order valence-corrected chi connectivity index (χ4v) is 3.22. The number of aromatic nitrogens is 1. The SMILES string of the molecule is CCc1cccc(C)c1NC(=O)[C@H]1CC(=O)N(Cc2ccccn2)C1. The third-order valence-electron chi connectivity index (χ3n) is 4.65. The maximum atomic E-state index is 12.7. The average molecular weight is 337 g/mol. The Hall–Kier alpha value is -2.69. The van der Waals surface area contributed by atoms with Crippen molar-refractivity contribution in [1.82, 2.24) is 9.88 Å². The second-order valence-electron chi connectivity index (χ2n) is 6.45. The van der Waals surface area contributed by atoms with E-state index in [0.29, 0.717) is 13.1 Å². The van der Waals surface area contributed by atoms with Crippen LogP contribution in [0, 0.1) is 12.8 Å². The highest BCUT2D eigenvalue weighted by Gasteiger charge is 2.34. The zero-order valence-electron chi connectivity index (χ0n) is 14.7. The van der Waals surface area contributed by atoms with Crippen molar-refractivity contribution in [3.05, 3.63) is 59.4 Å². The number of amides is 2. The molecule has 1 aromatic heterocycles. The van der Waals surface area contributed by atoms with Crippen LogP contribution in [0.1, 0.15) is 30.2 Å². The number of nitrogens with one attached hydrogen (secondary N) is 1. The quantitative estimate of drug-likeness (QED) is 0.912. The fraction of sp³-hybridized carbons (Fsp3) is 0.350. The number of carbonyl (C=O) groups is 2. The summed E-state index contributed by atoms with van der Waals surface area (Å²) in [6.07, 6.45) is 2.82. The van der Waals surface area contributed by atoms with Gasteiger partial charge >= 0.3 is 0 Å². The minimum Gasteiger partial charge on any atom is -0.336 e. The Labute approximate surface area is 148 Å². The Balaban J connectivity index is 1.67. The van der Waals surface area contributed by atoms with Crippen LogP contribution in [0.2, 0.25) is 0 Å². The smallest absolute Gasteiger partial charge is 0.229 e. The molecule has 0 saturated carbocycles. The van der Waals surface area contributed by atoms with Crippen molar-refractivity contribution in [2.24, 2.45) is 5.92 Å². The lowest BCUT2D eigenvalue weighted by atomic mass is 10.0. The normalized spacial score (nSPS) is 17.0. The van der Waals surface area contributed by atoms with Gasteiger partial charge in [0.1, 0.15) is 0 Å². The second-order valence-corrected chi connectivity index (χ2v) is 6.45. The van der Waals surface area contributed by atoms with Crippen LogP contribution in [0.3, 0.4) is 0 Å². The van der Waals surface area contributed by atoms with Gasteiger partial charge in [-0.3, -0.25) is 14.6 Å². The van der Waals surface area contributed by atoms with Crippen LogP contribution in [0.4, 0.5) is 5.69 Å². The Kier molecular flexibility index (Phi) is 5.12. The number of benzene rings is 1. The summed E-state index contributed by atoms with van der Waals surface area (Å²) in [7, 11) is 0. The summed E-state index contributed by atoms with van der Waals surface area (Å²) in [6, 6.07) is 11.6. The molecule has 1 aliphatic heterocycles. The van der Waals surface area contributed by atoms with Crippen LogP contribution in [0.15, 0.2) is 42.6 Å². The maximum absolute atomic E-state index is 12.7. The summed E-state index contributed by atoms with van der Waals surface area (Å²) in [6.45, 7) is 4.95. The van der Waals surface area contributed by atoms with Crippen molar-refractivity contribution in [2.75, 3.05) is 11.9 Å². The largest absolute Gasteiger partial charge is 0.336 e. The number of rotatable bonds is 5. The van der Waals surface area contributed by atoms with Gasteiger partial charge in [0.05, 0.1) is 18.2 Å². The number of carbonyl (C=O) groups excluding carboxylic acids is 2. The minimum atomic E-state index is -0.319. The van der Waals surface area contributed by atoms with E-state index in [0.717, 1.165) is 28.9 Å². The number of aryl methyl sites for hydroxylation is 2. The third-order valence-corrected chi connectivity index (χ3v) is 4.65. The molecule has 2 heterocycles. The number of hydrogen-bond donors (Lipinski definition) is 1. The predicted octanol–water partition coefficient (Wildman–Crippen LogP) is 2.94. The monoisotopic (exact) mass is 337 g/mol. The van der Waals surface area contributed by atoms with Crippen LogP contribution in [-0.4, -0.2) is 28.2 Å².